The maximum absolute atomic E-state index is 4.32. The minimum Gasteiger partial charge on any atom is -0.314 e. The van der Waals surface area contributed by atoms with Gasteiger partial charge in [0.2, 0.25) is 0 Å². The van der Waals surface area contributed by atoms with E-state index in [0.717, 1.165) is 25.6 Å². The van der Waals surface area contributed by atoms with E-state index in [4.69, 9.17) is 0 Å². The first-order valence-electron chi connectivity index (χ1n) is 6.55. The highest BCUT2D eigenvalue weighted by atomic mass is 15.2. The SMILES string of the molecule is C=C(CN1CCNCC1)C1CCN(C)CC1. The lowest BCUT2D eigenvalue weighted by Gasteiger charge is -2.34. The van der Waals surface area contributed by atoms with Crippen LogP contribution in [0.25, 0.3) is 0 Å². The Bertz CT molecular complexity index is 225. The van der Waals surface area contributed by atoms with Crippen molar-refractivity contribution in [3.05, 3.63) is 12.2 Å². The van der Waals surface area contributed by atoms with Crippen LogP contribution in [0.15, 0.2) is 12.2 Å². The van der Waals surface area contributed by atoms with Crippen LogP contribution in [0.5, 0.6) is 0 Å². The average Bonchev–Trinajstić information content (AvgIpc) is 2.31. The molecule has 0 aromatic rings. The second-order valence-corrected chi connectivity index (χ2v) is 5.26. The molecule has 92 valence electrons. The molecule has 1 N–H and O–H groups in total. The number of hydrogen-bond acceptors (Lipinski definition) is 3. The van der Waals surface area contributed by atoms with Gasteiger partial charge in [0.15, 0.2) is 0 Å². The minimum atomic E-state index is 0.770. The summed E-state index contributed by atoms with van der Waals surface area (Å²) in [5.74, 6) is 0.770. The van der Waals surface area contributed by atoms with Crippen LogP contribution in [0.2, 0.25) is 0 Å². The Morgan fingerprint density at radius 1 is 1.19 bits per heavy atom. The summed E-state index contributed by atoms with van der Waals surface area (Å²) in [4.78, 5) is 4.96. The maximum Gasteiger partial charge on any atom is 0.0194 e. The van der Waals surface area contributed by atoms with E-state index < -0.39 is 0 Å². The number of nitrogens with zero attached hydrogens (tertiary/aromatic N) is 2. The summed E-state index contributed by atoms with van der Waals surface area (Å²) in [7, 11) is 2.22. The smallest absolute Gasteiger partial charge is 0.0194 e. The molecule has 3 nitrogen and oxygen atoms in total. The van der Waals surface area contributed by atoms with Gasteiger partial charge in [0.25, 0.3) is 0 Å². The van der Waals surface area contributed by atoms with Gasteiger partial charge in [0, 0.05) is 32.7 Å². The van der Waals surface area contributed by atoms with E-state index in [1.165, 1.54) is 44.6 Å². The van der Waals surface area contributed by atoms with Crippen LogP contribution in [-0.4, -0.2) is 62.7 Å². The van der Waals surface area contributed by atoms with Gasteiger partial charge in [-0.3, -0.25) is 4.90 Å². The topological polar surface area (TPSA) is 18.5 Å². The van der Waals surface area contributed by atoms with Crippen LogP contribution >= 0.6 is 0 Å². The second kappa shape index (κ2) is 5.80. The Morgan fingerprint density at radius 3 is 2.44 bits per heavy atom. The van der Waals surface area contributed by atoms with Gasteiger partial charge < -0.3 is 10.2 Å². The van der Waals surface area contributed by atoms with Crippen molar-refractivity contribution in [2.75, 3.05) is 52.9 Å². The van der Waals surface area contributed by atoms with Crippen LogP contribution in [0.1, 0.15) is 12.8 Å². The van der Waals surface area contributed by atoms with E-state index in [-0.39, 0.29) is 0 Å². The highest BCUT2D eigenvalue weighted by molar-refractivity contribution is 5.05. The molecule has 16 heavy (non-hydrogen) atoms. The molecule has 0 unspecified atom stereocenters. The molecule has 0 aliphatic carbocycles. The Balaban J connectivity index is 1.74. The Hall–Kier alpha value is -0.380. The van der Waals surface area contributed by atoms with Crippen molar-refractivity contribution < 1.29 is 0 Å². The number of hydrogen-bond donors (Lipinski definition) is 1. The van der Waals surface area contributed by atoms with Crippen molar-refractivity contribution in [1.82, 2.24) is 15.1 Å². The monoisotopic (exact) mass is 223 g/mol. The minimum absolute atomic E-state index is 0.770. The van der Waals surface area contributed by atoms with E-state index in [0.29, 0.717) is 0 Å². The lowest BCUT2D eigenvalue weighted by molar-refractivity contribution is 0.215. The molecule has 0 aromatic heterocycles. The molecule has 0 saturated carbocycles. The predicted molar refractivity (Wildman–Crippen MR) is 68.7 cm³/mol. The number of rotatable bonds is 3. The maximum atomic E-state index is 4.32. The van der Waals surface area contributed by atoms with Gasteiger partial charge in [-0.25, -0.2) is 0 Å². The fourth-order valence-corrected chi connectivity index (χ4v) is 2.70. The first kappa shape index (κ1) is 12.1. The highest BCUT2D eigenvalue weighted by Gasteiger charge is 2.21. The first-order chi connectivity index (χ1) is 7.75. The van der Waals surface area contributed by atoms with Crippen LogP contribution in [0.3, 0.4) is 0 Å². The third-order valence-corrected chi connectivity index (χ3v) is 3.93. The zero-order chi connectivity index (χ0) is 11.4. The molecule has 2 aliphatic rings. The van der Waals surface area contributed by atoms with E-state index >= 15 is 0 Å². The summed E-state index contributed by atoms with van der Waals surface area (Å²) in [5, 5.41) is 3.40. The fraction of sp³-hybridized carbons (Fsp3) is 0.846. The lowest BCUT2D eigenvalue weighted by atomic mass is 9.90. The summed E-state index contributed by atoms with van der Waals surface area (Å²) in [6, 6.07) is 0. The van der Waals surface area contributed by atoms with Gasteiger partial charge in [-0.1, -0.05) is 12.2 Å². The largest absolute Gasteiger partial charge is 0.314 e. The normalized spacial score (nSPS) is 25.8. The molecular weight excluding hydrogens is 198 g/mol. The molecule has 2 saturated heterocycles. The van der Waals surface area contributed by atoms with Crippen molar-refractivity contribution in [2.45, 2.75) is 12.8 Å². The lowest BCUT2D eigenvalue weighted by Crippen LogP contribution is -2.44. The van der Waals surface area contributed by atoms with Gasteiger partial charge in [0.05, 0.1) is 0 Å². The molecule has 3 heteroatoms. The van der Waals surface area contributed by atoms with Crippen molar-refractivity contribution in [1.29, 1.82) is 0 Å². The van der Waals surface area contributed by atoms with Gasteiger partial charge >= 0.3 is 0 Å². The molecule has 2 rings (SSSR count). The van der Waals surface area contributed by atoms with Crippen molar-refractivity contribution >= 4 is 0 Å². The summed E-state index contributed by atoms with van der Waals surface area (Å²) < 4.78 is 0. The van der Waals surface area contributed by atoms with Crippen LogP contribution in [0.4, 0.5) is 0 Å². The number of nitrogens with one attached hydrogen (secondary N) is 1. The molecule has 0 aromatic carbocycles. The highest BCUT2D eigenvalue weighted by Crippen LogP contribution is 2.23. The predicted octanol–water partition coefficient (Wildman–Crippen LogP) is 0.790. The van der Waals surface area contributed by atoms with Crippen LogP contribution in [-0.2, 0) is 0 Å². The van der Waals surface area contributed by atoms with Gasteiger partial charge in [0.1, 0.15) is 0 Å². The second-order valence-electron chi connectivity index (χ2n) is 5.26. The third-order valence-electron chi connectivity index (χ3n) is 3.93. The third kappa shape index (κ3) is 3.30. The van der Waals surface area contributed by atoms with Crippen molar-refractivity contribution in [3.63, 3.8) is 0 Å². The summed E-state index contributed by atoms with van der Waals surface area (Å²) in [6.07, 6.45) is 2.61. The zero-order valence-corrected chi connectivity index (χ0v) is 10.5. The van der Waals surface area contributed by atoms with Crippen molar-refractivity contribution in [3.8, 4) is 0 Å². The molecule has 2 aliphatic heterocycles. The molecular formula is C13H25N3. The molecule has 0 spiro atoms. The van der Waals surface area contributed by atoms with E-state index in [9.17, 15) is 0 Å². The average molecular weight is 223 g/mol. The number of piperazine rings is 1. The summed E-state index contributed by atoms with van der Waals surface area (Å²) in [5.41, 5.74) is 1.47. The molecule has 2 fully saturated rings. The van der Waals surface area contributed by atoms with Gasteiger partial charge in [-0.2, -0.15) is 0 Å². The molecule has 0 atom stereocenters. The fourth-order valence-electron chi connectivity index (χ4n) is 2.70. The number of likely N-dealkylation sites (tertiary alicyclic amines) is 1. The Morgan fingerprint density at radius 2 is 1.81 bits per heavy atom. The molecule has 0 bridgehead atoms. The summed E-state index contributed by atoms with van der Waals surface area (Å²) in [6.45, 7) is 12.6. The summed E-state index contributed by atoms with van der Waals surface area (Å²) >= 11 is 0. The van der Waals surface area contributed by atoms with E-state index in [1.807, 2.05) is 0 Å². The molecule has 2 heterocycles. The molecule has 0 radical (unpaired) electrons. The van der Waals surface area contributed by atoms with E-state index in [1.54, 1.807) is 0 Å². The Labute approximate surface area is 99.5 Å². The Kier molecular flexibility index (Phi) is 4.38. The van der Waals surface area contributed by atoms with Crippen molar-refractivity contribution in [2.24, 2.45) is 5.92 Å². The quantitative estimate of drug-likeness (QED) is 0.714. The molecule has 0 amide bonds. The van der Waals surface area contributed by atoms with Crippen LogP contribution in [0, 0.1) is 5.92 Å². The van der Waals surface area contributed by atoms with Crippen LogP contribution < -0.4 is 5.32 Å². The zero-order valence-electron chi connectivity index (χ0n) is 10.5. The number of piperidine rings is 1. The standard InChI is InChI=1S/C13H25N3/c1-12(11-16-9-5-14-6-10-16)13-3-7-15(2)8-4-13/h13-14H,1,3-11H2,2H3. The van der Waals surface area contributed by atoms with E-state index in [2.05, 4.69) is 28.7 Å². The van der Waals surface area contributed by atoms with Gasteiger partial charge in [-0.15, -0.1) is 0 Å². The first-order valence-corrected chi connectivity index (χ1v) is 6.55. The van der Waals surface area contributed by atoms with Gasteiger partial charge in [-0.05, 0) is 38.9 Å².